The fraction of sp³-hybridized carbons (Fsp3) is 0.818. The van der Waals surface area contributed by atoms with Gasteiger partial charge in [-0.25, -0.2) is 4.79 Å². The summed E-state index contributed by atoms with van der Waals surface area (Å²) in [4.78, 5) is 22.9. The highest BCUT2D eigenvalue weighted by Gasteiger charge is 2.37. The molecule has 1 amide bonds. The fourth-order valence-electron chi connectivity index (χ4n) is 1.91. The Hall–Kier alpha value is -1.14. The molecule has 0 aliphatic carbocycles. The first kappa shape index (κ1) is 13.9. The number of hydrogen-bond acceptors (Lipinski definition) is 4. The average Bonchev–Trinajstić information content (AvgIpc) is 2.25. The van der Waals surface area contributed by atoms with Gasteiger partial charge in [0.25, 0.3) is 0 Å². The molecule has 6 nitrogen and oxygen atoms in total. The summed E-state index contributed by atoms with van der Waals surface area (Å²) in [5, 5.41) is 23.8. The van der Waals surface area contributed by atoms with Gasteiger partial charge < -0.3 is 20.8 Å². The second kappa shape index (κ2) is 5.46. The zero-order valence-corrected chi connectivity index (χ0v) is 10.2. The Labute approximate surface area is 100 Å². The number of aliphatic carboxylic acids is 1. The van der Waals surface area contributed by atoms with Crippen LogP contribution >= 0.6 is 0 Å². The summed E-state index contributed by atoms with van der Waals surface area (Å²) in [5.74, 6) is -1.52. The zero-order valence-electron chi connectivity index (χ0n) is 10.2. The van der Waals surface area contributed by atoms with Gasteiger partial charge in [0.2, 0.25) is 5.91 Å². The van der Waals surface area contributed by atoms with Crippen molar-refractivity contribution in [1.82, 2.24) is 10.6 Å². The van der Waals surface area contributed by atoms with E-state index in [1.54, 1.807) is 0 Å². The molecule has 0 aromatic heterocycles. The van der Waals surface area contributed by atoms with Gasteiger partial charge in [-0.3, -0.25) is 4.79 Å². The minimum absolute atomic E-state index is 0.299. The van der Waals surface area contributed by atoms with E-state index in [0.29, 0.717) is 12.8 Å². The quantitative estimate of drug-likeness (QED) is 0.525. The van der Waals surface area contributed by atoms with Crippen molar-refractivity contribution in [3.05, 3.63) is 0 Å². The number of carbonyl (C=O) groups excluding carboxylic acids is 1. The van der Waals surface area contributed by atoms with Crippen LogP contribution in [0.15, 0.2) is 0 Å². The lowest BCUT2D eigenvalue weighted by molar-refractivity contribution is -0.147. The third-order valence-corrected chi connectivity index (χ3v) is 3.29. The van der Waals surface area contributed by atoms with Gasteiger partial charge in [-0.2, -0.15) is 0 Å². The molecule has 1 heterocycles. The van der Waals surface area contributed by atoms with E-state index in [9.17, 15) is 14.7 Å². The summed E-state index contributed by atoms with van der Waals surface area (Å²) in [6.45, 7) is 4.67. The third kappa shape index (κ3) is 3.41. The number of aliphatic hydroxyl groups is 1. The zero-order chi connectivity index (χ0) is 13.1. The number of aliphatic hydroxyl groups excluding tert-OH is 1. The van der Waals surface area contributed by atoms with Crippen molar-refractivity contribution in [2.45, 2.75) is 38.8 Å². The molecule has 0 saturated carbocycles. The van der Waals surface area contributed by atoms with Crippen LogP contribution in [0.4, 0.5) is 0 Å². The number of rotatable bonds is 4. The topological polar surface area (TPSA) is 98.7 Å². The van der Waals surface area contributed by atoms with Gasteiger partial charge in [0, 0.05) is 5.41 Å². The van der Waals surface area contributed by atoms with Gasteiger partial charge in [-0.15, -0.1) is 0 Å². The van der Waals surface area contributed by atoms with Crippen LogP contribution in [0, 0.1) is 5.41 Å². The van der Waals surface area contributed by atoms with E-state index in [2.05, 4.69) is 10.6 Å². The van der Waals surface area contributed by atoms with Crippen molar-refractivity contribution in [3.8, 4) is 0 Å². The van der Waals surface area contributed by atoms with Crippen LogP contribution in [0.3, 0.4) is 0 Å². The monoisotopic (exact) mass is 244 g/mol. The smallest absolute Gasteiger partial charge is 0.328 e. The molecule has 1 aliphatic heterocycles. The second-order valence-corrected chi connectivity index (χ2v) is 4.84. The van der Waals surface area contributed by atoms with Crippen LogP contribution in [0.2, 0.25) is 0 Å². The van der Waals surface area contributed by atoms with Crippen molar-refractivity contribution in [3.63, 3.8) is 0 Å². The summed E-state index contributed by atoms with van der Waals surface area (Å²) in [6.07, 6.45) is 0.234. The Bertz CT molecular complexity index is 298. The average molecular weight is 244 g/mol. The van der Waals surface area contributed by atoms with E-state index in [1.807, 2.05) is 6.92 Å². The van der Waals surface area contributed by atoms with Gasteiger partial charge in [-0.05, 0) is 32.9 Å². The summed E-state index contributed by atoms with van der Waals surface area (Å²) < 4.78 is 0. The molecular formula is C11H20N2O4. The van der Waals surface area contributed by atoms with E-state index < -0.39 is 23.5 Å². The molecule has 1 saturated heterocycles. The Balaban J connectivity index is 2.66. The summed E-state index contributed by atoms with van der Waals surface area (Å²) >= 11 is 0. The highest BCUT2D eigenvalue weighted by atomic mass is 16.4. The van der Waals surface area contributed by atoms with E-state index in [-0.39, 0.29) is 5.91 Å². The molecule has 0 radical (unpaired) electrons. The molecule has 1 aliphatic rings. The van der Waals surface area contributed by atoms with Gasteiger partial charge in [0.1, 0.15) is 0 Å². The lowest BCUT2D eigenvalue weighted by atomic mass is 9.80. The molecule has 0 aromatic rings. The van der Waals surface area contributed by atoms with Crippen LogP contribution in [0.25, 0.3) is 0 Å². The standard InChI is InChI=1S/C11H20N2O4/c1-7(14)8(9(15)16)13-10(17)11(2)3-5-12-6-4-11/h7-8,12,14H,3-6H2,1-2H3,(H,13,17)(H,15,16)/t7-,8+/m1/s1. The summed E-state index contributed by atoms with van der Waals surface area (Å²) in [5.41, 5.74) is -0.548. The molecule has 1 rings (SSSR count). The SMILES string of the molecule is C[C@@H](O)[C@H](NC(=O)C1(C)CCNCC1)C(=O)O. The van der Waals surface area contributed by atoms with E-state index in [4.69, 9.17) is 5.11 Å². The highest BCUT2D eigenvalue weighted by molar-refractivity contribution is 5.87. The van der Waals surface area contributed by atoms with Crippen molar-refractivity contribution < 1.29 is 19.8 Å². The Morgan fingerprint density at radius 2 is 1.88 bits per heavy atom. The maximum absolute atomic E-state index is 12.0. The third-order valence-electron chi connectivity index (χ3n) is 3.29. The molecule has 2 atom stereocenters. The molecule has 0 spiro atoms. The molecule has 17 heavy (non-hydrogen) atoms. The number of carboxylic acid groups (broad SMARTS) is 1. The summed E-state index contributed by atoms with van der Waals surface area (Å²) in [6, 6.07) is -1.24. The van der Waals surface area contributed by atoms with Gasteiger partial charge >= 0.3 is 5.97 Å². The number of carboxylic acids is 1. The predicted molar refractivity (Wildman–Crippen MR) is 61.5 cm³/mol. The van der Waals surface area contributed by atoms with Gasteiger partial charge in [-0.1, -0.05) is 6.92 Å². The highest BCUT2D eigenvalue weighted by Crippen LogP contribution is 2.28. The second-order valence-electron chi connectivity index (χ2n) is 4.84. The first-order chi connectivity index (χ1) is 7.87. The van der Waals surface area contributed by atoms with Gasteiger partial charge in [0.05, 0.1) is 6.10 Å². The van der Waals surface area contributed by atoms with Crippen LogP contribution in [-0.4, -0.2) is 47.3 Å². The molecule has 4 N–H and O–H groups in total. The molecule has 98 valence electrons. The minimum Gasteiger partial charge on any atom is -0.480 e. The van der Waals surface area contributed by atoms with E-state index in [0.717, 1.165) is 13.1 Å². The number of nitrogens with one attached hydrogen (secondary N) is 2. The van der Waals surface area contributed by atoms with Crippen LogP contribution in [-0.2, 0) is 9.59 Å². The van der Waals surface area contributed by atoms with Crippen molar-refractivity contribution in [2.24, 2.45) is 5.41 Å². The Kier molecular flexibility index (Phi) is 4.47. The minimum atomic E-state index is -1.24. The van der Waals surface area contributed by atoms with Crippen molar-refractivity contribution in [2.75, 3.05) is 13.1 Å². The van der Waals surface area contributed by atoms with Gasteiger partial charge in [0.15, 0.2) is 6.04 Å². The van der Waals surface area contributed by atoms with Crippen molar-refractivity contribution >= 4 is 11.9 Å². The first-order valence-electron chi connectivity index (χ1n) is 5.79. The number of piperidine rings is 1. The largest absolute Gasteiger partial charge is 0.480 e. The van der Waals surface area contributed by atoms with Crippen LogP contribution in [0.5, 0.6) is 0 Å². The van der Waals surface area contributed by atoms with E-state index >= 15 is 0 Å². The summed E-state index contributed by atoms with van der Waals surface area (Å²) in [7, 11) is 0. The van der Waals surface area contributed by atoms with Crippen LogP contribution < -0.4 is 10.6 Å². The lowest BCUT2D eigenvalue weighted by Gasteiger charge is -2.33. The molecule has 0 bridgehead atoms. The number of carbonyl (C=O) groups is 2. The predicted octanol–water partition coefficient (Wildman–Crippen LogP) is -0.674. The molecule has 0 unspecified atom stereocenters. The first-order valence-corrected chi connectivity index (χ1v) is 5.79. The molecule has 0 aromatic carbocycles. The Morgan fingerprint density at radius 3 is 2.29 bits per heavy atom. The maximum Gasteiger partial charge on any atom is 0.328 e. The fourth-order valence-corrected chi connectivity index (χ4v) is 1.91. The normalized spacial score (nSPS) is 22.5. The van der Waals surface area contributed by atoms with Crippen molar-refractivity contribution in [1.29, 1.82) is 0 Å². The van der Waals surface area contributed by atoms with Crippen LogP contribution in [0.1, 0.15) is 26.7 Å². The Morgan fingerprint density at radius 1 is 1.35 bits per heavy atom. The number of hydrogen-bond donors (Lipinski definition) is 4. The molecular weight excluding hydrogens is 224 g/mol. The van der Waals surface area contributed by atoms with E-state index in [1.165, 1.54) is 6.92 Å². The maximum atomic E-state index is 12.0. The molecule has 1 fully saturated rings. The molecule has 6 heteroatoms. The lowest BCUT2D eigenvalue weighted by Crippen LogP contribution is -2.54. The number of amides is 1.